The molecular formula is C18H23FN2O. The van der Waals surface area contributed by atoms with E-state index in [-0.39, 0.29) is 17.1 Å². The first kappa shape index (κ1) is 14.2. The van der Waals surface area contributed by atoms with E-state index in [4.69, 9.17) is 0 Å². The van der Waals surface area contributed by atoms with Crippen molar-refractivity contribution in [3.8, 4) is 0 Å². The maximum atomic E-state index is 13.3. The van der Waals surface area contributed by atoms with Crippen molar-refractivity contribution in [1.82, 2.24) is 9.80 Å². The third kappa shape index (κ3) is 2.65. The lowest BCUT2D eigenvalue weighted by Gasteiger charge is -2.24. The largest absolute Gasteiger partial charge is 0.338 e. The SMILES string of the molecule is O=C1N(Cc2cccc(F)c2)CCC12CCN(CC1CC1)C2. The summed E-state index contributed by atoms with van der Waals surface area (Å²) in [4.78, 5) is 17.3. The minimum Gasteiger partial charge on any atom is -0.338 e. The van der Waals surface area contributed by atoms with Crippen LogP contribution in [0.5, 0.6) is 0 Å². The molecule has 2 aliphatic heterocycles. The quantitative estimate of drug-likeness (QED) is 0.854. The number of rotatable bonds is 4. The minimum absolute atomic E-state index is 0.151. The van der Waals surface area contributed by atoms with Gasteiger partial charge in [-0.1, -0.05) is 12.1 Å². The van der Waals surface area contributed by atoms with Gasteiger partial charge in [-0.05, 0) is 55.8 Å². The summed E-state index contributed by atoms with van der Waals surface area (Å²) in [6, 6.07) is 6.60. The second-order valence-corrected chi connectivity index (χ2v) is 7.32. The Bertz CT molecular complexity index is 586. The van der Waals surface area contributed by atoms with Gasteiger partial charge >= 0.3 is 0 Å². The highest BCUT2D eigenvalue weighted by molar-refractivity contribution is 5.85. The van der Waals surface area contributed by atoms with Crippen LogP contribution in [0.3, 0.4) is 0 Å². The molecule has 1 atom stereocenters. The van der Waals surface area contributed by atoms with Gasteiger partial charge in [-0.2, -0.15) is 0 Å². The molecule has 1 aromatic rings. The number of benzene rings is 1. The van der Waals surface area contributed by atoms with Gasteiger partial charge in [0.05, 0.1) is 5.41 Å². The Morgan fingerprint density at radius 1 is 1.23 bits per heavy atom. The van der Waals surface area contributed by atoms with Gasteiger partial charge in [0, 0.05) is 26.2 Å². The molecular weight excluding hydrogens is 279 g/mol. The monoisotopic (exact) mass is 302 g/mol. The fraction of sp³-hybridized carbons (Fsp3) is 0.611. The zero-order chi connectivity index (χ0) is 15.2. The van der Waals surface area contributed by atoms with Gasteiger partial charge in [-0.25, -0.2) is 4.39 Å². The van der Waals surface area contributed by atoms with E-state index in [1.165, 1.54) is 31.5 Å². The number of hydrogen-bond donors (Lipinski definition) is 0. The first-order valence-electron chi connectivity index (χ1n) is 8.41. The van der Waals surface area contributed by atoms with Crippen LogP contribution < -0.4 is 0 Å². The molecule has 3 fully saturated rings. The van der Waals surface area contributed by atoms with Crippen molar-refractivity contribution >= 4 is 5.91 Å². The smallest absolute Gasteiger partial charge is 0.230 e. The van der Waals surface area contributed by atoms with Crippen LogP contribution in [0.4, 0.5) is 4.39 Å². The van der Waals surface area contributed by atoms with Crippen molar-refractivity contribution in [2.24, 2.45) is 11.3 Å². The first-order valence-corrected chi connectivity index (χ1v) is 8.41. The molecule has 4 rings (SSSR count). The maximum absolute atomic E-state index is 13.3. The lowest BCUT2D eigenvalue weighted by molar-refractivity contribution is -0.136. The summed E-state index contributed by atoms with van der Waals surface area (Å²) < 4.78 is 13.3. The predicted octanol–water partition coefficient (Wildman–Crippen LogP) is 2.66. The number of halogens is 1. The number of nitrogens with zero attached hydrogens (tertiary/aromatic N) is 2. The Labute approximate surface area is 131 Å². The van der Waals surface area contributed by atoms with Crippen LogP contribution in [0.1, 0.15) is 31.2 Å². The molecule has 3 nitrogen and oxygen atoms in total. The minimum atomic E-state index is -0.227. The molecule has 0 aromatic heterocycles. The number of hydrogen-bond acceptors (Lipinski definition) is 2. The molecule has 3 aliphatic rings. The van der Waals surface area contributed by atoms with E-state index in [0.717, 1.165) is 44.0 Å². The van der Waals surface area contributed by atoms with Crippen LogP contribution in [0.2, 0.25) is 0 Å². The summed E-state index contributed by atoms with van der Waals surface area (Å²) in [6.07, 6.45) is 4.69. The molecule has 1 saturated carbocycles. The van der Waals surface area contributed by atoms with E-state index in [1.54, 1.807) is 6.07 Å². The van der Waals surface area contributed by atoms with Gasteiger partial charge in [0.15, 0.2) is 0 Å². The molecule has 1 amide bonds. The van der Waals surface area contributed by atoms with Gasteiger partial charge in [0.25, 0.3) is 0 Å². The van der Waals surface area contributed by atoms with E-state index >= 15 is 0 Å². The van der Waals surface area contributed by atoms with Crippen LogP contribution in [0.25, 0.3) is 0 Å². The average molecular weight is 302 g/mol. The Morgan fingerprint density at radius 3 is 2.82 bits per heavy atom. The first-order chi connectivity index (χ1) is 10.6. The van der Waals surface area contributed by atoms with Gasteiger partial charge in [-0.3, -0.25) is 4.79 Å². The van der Waals surface area contributed by atoms with E-state index in [2.05, 4.69) is 4.90 Å². The summed E-state index contributed by atoms with van der Waals surface area (Å²) in [6.45, 7) is 4.53. The molecule has 2 saturated heterocycles. The number of carbonyl (C=O) groups is 1. The lowest BCUT2D eigenvalue weighted by Crippen LogP contribution is -2.37. The number of likely N-dealkylation sites (tertiary alicyclic amines) is 2. The summed E-state index contributed by atoms with van der Waals surface area (Å²) in [7, 11) is 0. The molecule has 0 bridgehead atoms. The van der Waals surface area contributed by atoms with E-state index in [9.17, 15) is 9.18 Å². The molecule has 1 aliphatic carbocycles. The number of carbonyl (C=O) groups excluding carboxylic acids is 1. The molecule has 118 valence electrons. The summed E-state index contributed by atoms with van der Waals surface area (Å²) in [5.74, 6) is 0.945. The average Bonchev–Trinajstić information content (AvgIpc) is 3.14. The second-order valence-electron chi connectivity index (χ2n) is 7.32. The van der Waals surface area contributed by atoms with Gasteiger partial charge in [0.1, 0.15) is 5.82 Å². The molecule has 1 spiro atoms. The summed E-state index contributed by atoms with van der Waals surface area (Å²) in [5.41, 5.74) is 0.737. The fourth-order valence-electron chi connectivity index (χ4n) is 4.06. The molecule has 22 heavy (non-hydrogen) atoms. The zero-order valence-electron chi connectivity index (χ0n) is 12.9. The highest BCUT2D eigenvalue weighted by atomic mass is 19.1. The third-order valence-electron chi connectivity index (χ3n) is 5.51. The van der Waals surface area contributed by atoms with Crippen LogP contribution in [-0.4, -0.2) is 41.9 Å². The van der Waals surface area contributed by atoms with E-state index < -0.39 is 0 Å². The Morgan fingerprint density at radius 2 is 2.05 bits per heavy atom. The van der Waals surface area contributed by atoms with Crippen LogP contribution in [0.15, 0.2) is 24.3 Å². The van der Waals surface area contributed by atoms with Crippen molar-refractivity contribution < 1.29 is 9.18 Å². The zero-order valence-corrected chi connectivity index (χ0v) is 12.9. The highest BCUT2D eigenvalue weighted by Crippen LogP contribution is 2.42. The highest BCUT2D eigenvalue weighted by Gasteiger charge is 2.50. The topological polar surface area (TPSA) is 23.6 Å². The maximum Gasteiger partial charge on any atom is 0.230 e. The summed E-state index contributed by atoms with van der Waals surface area (Å²) >= 11 is 0. The van der Waals surface area contributed by atoms with Gasteiger partial charge in [0.2, 0.25) is 5.91 Å². The molecule has 1 aromatic carbocycles. The van der Waals surface area contributed by atoms with Crippen molar-refractivity contribution in [2.45, 2.75) is 32.2 Å². The van der Waals surface area contributed by atoms with Crippen LogP contribution in [0, 0.1) is 17.2 Å². The fourth-order valence-corrected chi connectivity index (χ4v) is 4.06. The standard InChI is InChI=1S/C18H23FN2O/c19-16-3-1-2-15(10-16)12-21-9-7-18(17(21)22)6-8-20(13-18)11-14-4-5-14/h1-3,10,14H,4-9,11-13H2. The molecule has 0 N–H and O–H groups in total. The van der Waals surface area contributed by atoms with Crippen molar-refractivity contribution in [1.29, 1.82) is 0 Å². The van der Waals surface area contributed by atoms with E-state index in [0.29, 0.717) is 6.54 Å². The summed E-state index contributed by atoms with van der Waals surface area (Å²) in [5, 5.41) is 0. The van der Waals surface area contributed by atoms with Crippen molar-refractivity contribution in [3.05, 3.63) is 35.6 Å². The van der Waals surface area contributed by atoms with Gasteiger partial charge in [-0.15, -0.1) is 0 Å². The predicted molar refractivity (Wildman–Crippen MR) is 82.6 cm³/mol. The van der Waals surface area contributed by atoms with Crippen molar-refractivity contribution in [3.63, 3.8) is 0 Å². The van der Waals surface area contributed by atoms with Crippen LogP contribution in [-0.2, 0) is 11.3 Å². The van der Waals surface area contributed by atoms with Crippen molar-refractivity contribution in [2.75, 3.05) is 26.2 Å². The second kappa shape index (κ2) is 5.34. The Hall–Kier alpha value is -1.42. The third-order valence-corrected chi connectivity index (χ3v) is 5.51. The Balaban J connectivity index is 1.41. The number of amides is 1. The normalized spacial score (nSPS) is 29.0. The lowest BCUT2D eigenvalue weighted by atomic mass is 9.85. The molecule has 4 heteroatoms. The van der Waals surface area contributed by atoms with Crippen LogP contribution >= 0.6 is 0 Å². The van der Waals surface area contributed by atoms with Gasteiger partial charge < -0.3 is 9.80 Å². The molecule has 2 heterocycles. The molecule has 1 unspecified atom stereocenters. The molecule has 0 radical (unpaired) electrons. The Kier molecular flexibility index (Phi) is 3.44. The van der Waals surface area contributed by atoms with E-state index in [1.807, 2.05) is 11.0 Å².